The summed E-state index contributed by atoms with van der Waals surface area (Å²) in [5.74, 6) is -2.28. The maximum atomic E-state index is 13.0. The van der Waals surface area contributed by atoms with E-state index in [0.29, 0.717) is 17.4 Å². The van der Waals surface area contributed by atoms with Crippen LogP contribution < -0.4 is 5.11 Å². The Morgan fingerprint density at radius 2 is 0.600 bits per heavy atom. The van der Waals surface area contributed by atoms with Crippen LogP contribution in [-0.4, -0.2) is 82.3 Å². The van der Waals surface area contributed by atoms with Gasteiger partial charge >= 0.3 is 11.9 Å². The van der Waals surface area contributed by atoms with Gasteiger partial charge in [-0.1, -0.05) is 367 Å². The monoisotopic (exact) mass is 1320 g/mol. The number of likely N-dealkylation sites (N-methyl/N-ethyl adjacent to an activating group) is 1. The standard InChI is InChI=1S/C86H149NO8/c1-6-8-10-12-14-16-18-20-22-24-26-28-30-32-34-36-38-39-40-41-42-43-44-45-47-49-51-53-55-57-59-61-63-65-67-69-71-73-75-77-84(89)95-82(81-94-86(85(90)91)92-79-78-87(3,4)5)80-93-83(88)76-74-72-70-68-66-64-62-60-58-56-54-52-50-48-46-37-35-33-31-29-27-25-23-21-19-17-15-13-11-9-7-2/h8,10,14,16,20,22,26,28,32,34,38-39,41-42,44-45,49,51,55,57,82,86H,6-7,9,11-13,15,17-19,21,23-25,27,29-31,33,35-37,40,43,46-48,50,52-54,56,58-81H2,1-5H3/b10-8-,16-14-,22-20-,28-26-,34-32-,39-38-,42-41-,45-44-,51-49-,57-55-. The van der Waals surface area contributed by atoms with Crippen molar-refractivity contribution < 1.29 is 42.9 Å². The first-order valence-corrected chi connectivity index (χ1v) is 39.7. The second-order valence-electron chi connectivity index (χ2n) is 27.6. The summed E-state index contributed by atoms with van der Waals surface area (Å²) in [6.07, 6.45) is 105. The summed E-state index contributed by atoms with van der Waals surface area (Å²) >= 11 is 0. The number of carboxylic acid groups (broad SMARTS) is 1. The minimum atomic E-state index is -1.63. The molecule has 0 heterocycles. The van der Waals surface area contributed by atoms with Crippen molar-refractivity contribution >= 4 is 17.9 Å². The van der Waals surface area contributed by atoms with Crippen LogP contribution in [0.5, 0.6) is 0 Å². The number of hydrogen-bond acceptors (Lipinski definition) is 8. The van der Waals surface area contributed by atoms with Crippen LogP contribution in [-0.2, 0) is 33.3 Å². The third-order valence-electron chi connectivity index (χ3n) is 17.2. The predicted molar refractivity (Wildman–Crippen MR) is 407 cm³/mol. The average molecular weight is 1330 g/mol. The molecule has 0 spiro atoms. The van der Waals surface area contributed by atoms with Crippen LogP contribution in [0.4, 0.5) is 0 Å². The van der Waals surface area contributed by atoms with E-state index in [0.717, 1.165) is 109 Å². The van der Waals surface area contributed by atoms with Crippen molar-refractivity contribution in [2.75, 3.05) is 47.5 Å². The zero-order valence-electron chi connectivity index (χ0n) is 62.5. The lowest BCUT2D eigenvalue weighted by molar-refractivity contribution is -0.870. The van der Waals surface area contributed by atoms with Gasteiger partial charge in [0, 0.05) is 12.8 Å². The lowest BCUT2D eigenvalue weighted by atomic mass is 10.0. The maximum Gasteiger partial charge on any atom is 0.306 e. The van der Waals surface area contributed by atoms with Crippen molar-refractivity contribution in [2.24, 2.45) is 0 Å². The molecule has 2 atom stereocenters. The molecule has 9 heteroatoms. The summed E-state index contributed by atoms with van der Waals surface area (Å²) in [5.41, 5.74) is 0. The molecule has 0 fully saturated rings. The molecule has 0 saturated heterocycles. The second kappa shape index (κ2) is 75.5. The molecule has 0 aliphatic carbocycles. The van der Waals surface area contributed by atoms with Crippen LogP contribution in [0.2, 0.25) is 0 Å². The molecule has 0 bridgehead atoms. The fourth-order valence-electron chi connectivity index (χ4n) is 11.2. The number of carboxylic acids is 1. The summed E-state index contributed by atoms with van der Waals surface area (Å²) < 4.78 is 22.8. The second-order valence-corrected chi connectivity index (χ2v) is 27.6. The van der Waals surface area contributed by atoms with Crippen molar-refractivity contribution in [1.82, 2.24) is 0 Å². The van der Waals surface area contributed by atoms with Crippen molar-refractivity contribution in [3.8, 4) is 0 Å². The van der Waals surface area contributed by atoms with Crippen LogP contribution in [0, 0.1) is 0 Å². The van der Waals surface area contributed by atoms with Crippen LogP contribution in [0.3, 0.4) is 0 Å². The molecule has 0 saturated carbocycles. The average Bonchev–Trinajstić information content (AvgIpc) is 2.92. The summed E-state index contributed by atoms with van der Waals surface area (Å²) in [6, 6.07) is 0. The molecule has 0 N–H and O–H groups in total. The largest absolute Gasteiger partial charge is 0.545 e. The molecular weight excluding hydrogens is 1170 g/mol. The first-order valence-electron chi connectivity index (χ1n) is 39.7. The smallest absolute Gasteiger partial charge is 0.306 e. The molecule has 0 aliphatic heterocycles. The van der Waals surface area contributed by atoms with E-state index in [1.165, 1.54) is 205 Å². The number of quaternary nitrogens is 1. The van der Waals surface area contributed by atoms with Crippen LogP contribution in [0.1, 0.15) is 348 Å². The molecular formula is C86H149NO8. The lowest BCUT2D eigenvalue weighted by Gasteiger charge is -2.26. The molecule has 0 aromatic carbocycles. The van der Waals surface area contributed by atoms with Crippen molar-refractivity contribution in [3.05, 3.63) is 122 Å². The van der Waals surface area contributed by atoms with Gasteiger partial charge in [-0.25, -0.2) is 0 Å². The Balaban J connectivity index is 4.10. The molecule has 546 valence electrons. The zero-order valence-corrected chi connectivity index (χ0v) is 62.5. The van der Waals surface area contributed by atoms with E-state index < -0.39 is 24.3 Å². The van der Waals surface area contributed by atoms with Gasteiger partial charge in [-0.05, 0) is 89.9 Å². The molecule has 9 nitrogen and oxygen atoms in total. The highest BCUT2D eigenvalue weighted by Gasteiger charge is 2.22. The van der Waals surface area contributed by atoms with Gasteiger partial charge in [0.2, 0.25) is 0 Å². The van der Waals surface area contributed by atoms with Gasteiger partial charge in [-0.2, -0.15) is 0 Å². The molecule has 0 radical (unpaired) electrons. The number of aliphatic carboxylic acids is 1. The molecule has 2 unspecified atom stereocenters. The van der Waals surface area contributed by atoms with Gasteiger partial charge in [0.15, 0.2) is 12.4 Å². The summed E-state index contributed by atoms with van der Waals surface area (Å²) in [6.45, 7) is 4.66. The summed E-state index contributed by atoms with van der Waals surface area (Å²) in [4.78, 5) is 37.6. The highest BCUT2D eigenvalue weighted by molar-refractivity contribution is 5.70. The minimum absolute atomic E-state index is 0.142. The molecule has 0 aromatic rings. The number of unbranched alkanes of at least 4 members (excludes halogenated alkanes) is 38. The lowest BCUT2D eigenvalue weighted by Crippen LogP contribution is -2.44. The summed E-state index contributed by atoms with van der Waals surface area (Å²) in [7, 11) is 5.93. The Bertz CT molecular complexity index is 1980. The Hall–Kier alpha value is -4.31. The van der Waals surface area contributed by atoms with E-state index in [-0.39, 0.29) is 38.6 Å². The number of nitrogens with zero attached hydrogens (tertiary/aromatic N) is 1. The van der Waals surface area contributed by atoms with Gasteiger partial charge in [-0.15, -0.1) is 0 Å². The number of rotatable bonds is 73. The third-order valence-corrected chi connectivity index (χ3v) is 17.2. The number of ether oxygens (including phenoxy) is 4. The fourth-order valence-corrected chi connectivity index (χ4v) is 11.2. The van der Waals surface area contributed by atoms with Gasteiger partial charge in [0.05, 0.1) is 40.3 Å². The molecule has 0 aromatic heterocycles. The quantitative estimate of drug-likeness (QED) is 0.0195. The van der Waals surface area contributed by atoms with Gasteiger partial charge < -0.3 is 33.3 Å². The normalized spacial score (nSPS) is 13.3. The third kappa shape index (κ3) is 76.9. The van der Waals surface area contributed by atoms with E-state index in [9.17, 15) is 19.5 Å². The molecule has 0 amide bonds. The highest BCUT2D eigenvalue weighted by Crippen LogP contribution is 2.19. The molecule has 95 heavy (non-hydrogen) atoms. The van der Waals surface area contributed by atoms with E-state index in [1.807, 2.05) is 21.1 Å². The number of carbonyl (C=O) groups is 3. The van der Waals surface area contributed by atoms with Gasteiger partial charge in [0.25, 0.3) is 0 Å². The van der Waals surface area contributed by atoms with Crippen molar-refractivity contribution in [3.63, 3.8) is 0 Å². The minimum Gasteiger partial charge on any atom is -0.545 e. The Labute approximate surface area is 587 Å². The van der Waals surface area contributed by atoms with E-state index in [1.54, 1.807) is 0 Å². The Kier molecular flexibility index (Phi) is 72.0. The van der Waals surface area contributed by atoms with Gasteiger partial charge in [-0.3, -0.25) is 9.59 Å². The van der Waals surface area contributed by atoms with E-state index in [2.05, 4.69) is 135 Å². The number of esters is 2. The fraction of sp³-hybridized carbons (Fsp3) is 0.733. The number of allylic oxidation sites excluding steroid dienone is 20. The SMILES string of the molecule is CC/C=C\C/C=C\C/C=C\C/C=C\C/C=C\C/C=C\C/C=C\C/C=C\C/C=C\C/C=C\CCCCCCCCCCC(=O)OC(COC(=O)CCCCCCCCCCCCCCCCCCCCCCCCCCCCCCCCC)COC(OCC[N+](C)(C)C)C(=O)[O-]. The molecule has 0 rings (SSSR count). The Morgan fingerprint density at radius 3 is 0.895 bits per heavy atom. The van der Waals surface area contributed by atoms with Crippen molar-refractivity contribution in [2.45, 2.75) is 360 Å². The highest BCUT2D eigenvalue weighted by atomic mass is 16.7. The first kappa shape index (κ1) is 90.7. The van der Waals surface area contributed by atoms with Crippen LogP contribution in [0.25, 0.3) is 0 Å². The zero-order chi connectivity index (χ0) is 69.0. The van der Waals surface area contributed by atoms with Crippen molar-refractivity contribution in [1.29, 1.82) is 0 Å². The predicted octanol–water partition coefficient (Wildman–Crippen LogP) is 24.1. The van der Waals surface area contributed by atoms with Crippen LogP contribution >= 0.6 is 0 Å². The summed E-state index contributed by atoms with van der Waals surface area (Å²) in [5, 5.41) is 11.9. The van der Waals surface area contributed by atoms with Crippen LogP contribution in [0.15, 0.2) is 122 Å². The topological polar surface area (TPSA) is 111 Å². The number of carbonyl (C=O) groups excluding carboxylic acids is 3. The first-order chi connectivity index (χ1) is 46.6. The maximum absolute atomic E-state index is 13.0. The van der Waals surface area contributed by atoms with E-state index >= 15 is 0 Å². The van der Waals surface area contributed by atoms with Gasteiger partial charge in [0.1, 0.15) is 13.2 Å². The van der Waals surface area contributed by atoms with E-state index in [4.69, 9.17) is 18.9 Å². The Morgan fingerprint density at radius 1 is 0.326 bits per heavy atom. The number of hydrogen-bond donors (Lipinski definition) is 0. The molecule has 0 aliphatic rings.